The number of rotatable bonds is 4. The highest BCUT2D eigenvalue weighted by Crippen LogP contribution is 2.24. The Hall–Kier alpha value is -0.350. The van der Waals surface area contributed by atoms with Crippen molar-refractivity contribution < 1.29 is 0 Å². The first-order valence-electron chi connectivity index (χ1n) is 5.38. The third-order valence-corrected chi connectivity index (χ3v) is 4.55. The predicted octanol–water partition coefficient (Wildman–Crippen LogP) is 4.28. The van der Waals surface area contributed by atoms with Gasteiger partial charge in [0.15, 0.2) is 0 Å². The Kier molecular flexibility index (Phi) is 4.62. The van der Waals surface area contributed by atoms with E-state index in [1.54, 1.807) is 11.3 Å². The van der Waals surface area contributed by atoms with E-state index < -0.39 is 0 Å². The molecule has 0 saturated heterocycles. The van der Waals surface area contributed by atoms with Crippen molar-refractivity contribution in [1.82, 2.24) is 0 Å². The van der Waals surface area contributed by atoms with E-state index in [4.69, 9.17) is 17.3 Å². The number of hydrogen-bond donors (Lipinski definition) is 1. The van der Waals surface area contributed by atoms with Crippen molar-refractivity contribution in [3.05, 3.63) is 55.6 Å². The van der Waals surface area contributed by atoms with Gasteiger partial charge in [0.05, 0.1) is 3.79 Å². The Morgan fingerprint density at radius 3 is 2.59 bits per heavy atom. The van der Waals surface area contributed by atoms with Gasteiger partial charge in [-0.2, -0.15) is 0 Å². The maximum absolute atomic E-state index is 6.15. The molecule has 0 fully saturated rings. The van der Waals surface area contributed by atoms with Crippen LogP contribution in [-0.2, 0) is 12.8 Å². The molecule has 2 aromatic rings. The Labute approximate surface area is 119 Å². The SMILES string of the molecule is NC(Cc1ccc(Br)s1)Cc1ccccc1Cl. The first-order chi connectivity index (χ1) is 8.15. The highest BCUT2D eigenvalue weighted by Gasteiger charge is 2.09. The molecule has 1 heterocycles. The molecule has 90 valence electrons. The van der Waals surface area contributed by atoms with Crippen molar-refractivity contribution in [2.24, 2.45) is 5.73 Å². The normalized spacial score (nSPS) is 12.6. The van der Waals surface area contributed by atoms with E-state index in [0.29, 0.717) is 0 Å². The van der Waals surface area contributed by atoms with E-state index in [-0.39, 0.29) is 6.04 Å². The van der Waals surface area contributed by atoms with E-state index >= 15 is 0 Å². The molecular formula is C13H13BrClNS. The monoisotopic (exact) mass is 329 g/mol. The standard InChI is InChI=1S/C13H13BrClNS/c14-13-6-5-11(17-13)8-10(16)7-9-3-1-2-4-12(9)15/h1-6,10H,7-8,16H2. The molecule has 1 unspecified atom stereocenters. The second kappa shape index (κ2) is 6.01. The van der Waals surface area contributed by atoms with Crippen LogP contribution in [0.1, 0.15) is 10.4 Å². The van der Waals surface area contributed by atoms with Crippen LogP contribution < -0.4 is 5.73 Å². The fourth-order valence-electron chi connectivity index (χ4n) is 1.74. The van der Waals surface area contributed by atoms with Crippen LogP contribution in [-0.4, -0.2) is 6.04 Å². The molecule has 0 radical (unpaired) electrons. The number of nitrogens with two attached hydrogens (primary N) is 1. The smallest absolute Gasteiger partial charge is 0.0701 e. The zero-order valence-electron chi connectivity index (χ0n) is 9.20. The Morgan fingerprint density at radius 1 is 1.18 bits per heavy atom. The Balaban J connectivity index is 1.98. The summed E-state index contributed by atoms with van der Waals surface area (Å²) >= 11 is 11.3. The summed E-state index contributed by atoms with van der Waals surface area (Å²) in [4.78, 5) is 1.30. The lowest BCUT2D eigenvalue weighted by molar-refractivity contribution is 0.671. The summed E-state index contributed by atoms with van der Waals surface area (Å²) in [5.74, 6) is 0. The van der Waals surface area contributed by atoms with Crippen LogP contribution in [0.4, 0.5) is 0 Å². The van der Waals surface area contributed by atoms with E-state index in [1.165, 1.54) is 4.88 Å². The number of halogens is 2. The van der Waals surface area contributed by atoms with Crippen molar-refractivity contribution in [2.45, 2.75) is 18.9 Å². The summed E-state index contributed by atoms with van der Waals surface area (Å²) in [6.45, 7) is 0. The molecule has 1 atom stereocenters. The van der Waals surface area contributed by atoms with Crippen LogP contribution in [0.2, 0.25) is 5.02 Å². The summed E-state index contributed by atoms with van der Waals surface area (Å²) in [7, 11) is 0. The van der Waals surface area contributed by atoms with Gasteiger partial charge in [0, 0.05) is 15.9 Å². The van der Waals surface area contributed by atoms with E-state index in [1.807, 2.05) is 24.3 Å². The first-order valence-corrected chi connectivity index (χ1v) is 7.37. The molecule has 0 aliphatic carbocycles. The highest BCUT2D eigenvalue weighted by molar-refractivity contribution is 9.11. The van der Waals surface area contributed by atoms with Gasteiger partial charge in [-0.05, 0) is 52.5 Å². The van der Waals surface area contributed by atoms with Gasteiger partial charge in [-0.3, -0.25) is 0 Å². The first kappa shape index (κ1) is 13.1. The minimum atomic E-state index is 0.112. The topological polar surface area (TPSA) is 26.0 Å². The molecule has 2 rings (SSSR count). The van der Waals surface area contributed by atoms with Gasteiger partial charge < -0.3 is 5.73 Å². The van der Waals surface area contributed by atoms with Gasteiger partial charge in [-0.15, -0.1) is 11.3 Å². The highest BCUT2D eigenvalue weighted by atomic mass is 79.9. The second-order valence-corrected chi connectivity index (χ2v) is 6.92. The van der Waals surface area contributed by atoms with Crippen LogP contribution in [0.5, 0.6) is 0 Å². The molecule has 17 heavy (non-hydrogen) atoms. The minimum Gasteiger partial charge on any atom is -0.327 e. The summed E-state index contributed by atoms with van der Waals surface area (Å²) in [6, 6.07) is 12.2. The quantitative estimate of drug-likeness (QED) is 0.890. The largest absolute Gasteiger partial charge is 0.327 e. The molecular weight excluding hydrogens is 318 g/mol. The van der Waals surface area contributed by atoms with Crippen LogP contribution in [0.15, 0.2) is 40.2 Å². The molecule has 1 nitrogen and oxygen atoms in total. The third-order valence-electron chi connectivity index (χ3n) is 2.53. The molecule has 4 heteroatoms. The second-order valence-electron chi connectivity index (χ2n) is 3.97. The van der Waals surface area contributed by atoms with E-state index in [2.05, 4.69) is 28.1 Å². The summed E-state index contributed by atoms with van der Waals surface area (Å²) in [5, 5.41) is 0.801. The molecule has 1 aromatic heterocycles. The number of hydrogen-bond acceptors (Lipinski definition) is 2. The molecule has 0 aliphatic heterocycles. The molecule has 0 bridgehead atoms. The van der Waals surface area contributed by atoms with Gasteiger partial charge in [0.1, 0.15) is 0 Å². The minimum absolute atomic E-state index is 0.112. The van der Waals surface area contributed by atoms with Crippen molar-refractivity contribution in [1.29, 1.82) is 0 Å². The van der Waals surface area contributed by atoms with Crippen LogP contribution in [0.3, 0.4) is 0 Å². The summed E-state index contributed by atoms with van der Waals surface area (Å²) < 4.78 is 1.15. The zero-order chi connectivity index (χ0) is 12.3. The maximum Gasteiger partial charge on any atom is 0.0701 e. The van der Waals surface area contributed by atoms with Crippen LogP contribution in [0, 0.1) is 0 Å². The number of benzene rings is 1. The maximum atomic E-state index is 6.15. The molecule has 1 aromatic carbocycles. The van der Waals surface area contributed by atoms with Crippen molar-refractivity contribution in [3.8, 4) is 0 Å². The fraction of sp³-hybridized carbons (Fsp3) is 0.231. The summed E-state index contributed by atoms with van der Waals surface area (Å²) in [5.41, 5.74) is 7.27. The van der Waals surface area contributed by atoms with E-state index in [9.17, 15) is 0 Å². The average molecular weight is 331 g/mol. The zero-order valence-corrected chi connectivity index (χ0v) is 12.4. The molecule has 0 amide bonds. The molecule has 0 aliphatic rings. The summed E-state index contributed by atoms with van der Waals surface area (Å²) in [6.07, 6.45) is 1.71. The Bertz CT molecular complexity index is 498. The lowest BCUT2D eigenvalue weighted by Crippen LogP contribution is -2.25. The van der Waals surface area contributed by atoms with Gasteiger partial charge in [-0.1, -0.05) is 29.8 Å². The van der Waals surface area contributed by atoms with Gasteiger partial charge in [0.2, 0.25) is 0 Å². The Morgan fingerprint density at radius 2 is 1.94 bits per heavy atom. The van der Waals surface area contributed by atoms with Gasteiger partial charge in [-0.25, -0.2) is 0 Å². The molecule has 0 saturated carbocycles. The van der Waals surface area contributed by atoms with E-state index in [0.717, 1.165) is 27.2 Å². The lowest BCUT2D eigenvalue weighted by atomic mass is 10.0. The third kappa shape index (κ3) is 3.81. The number of thiophene rings is 1. The molecule has 0 spiro atoms. The average Bonchev–Trinajstić information content (AvgIpc) is 2.67. The lowest BCUT2D eigenvalue weighted by Gasteiger charge is -2.11. The van der Waals surface area contributed by atoms with Crippen molar-refractivity contribution in [2.75, 3.05) is 0 Å². The van der Waals surface area contributed by atoms with Crippen LogP contribution in [0.25, 0.3) is 0 Å². The van der Waals surface area contributed by atoms with Crippen molar-refractivity contribution in [3.63, 3.8) is 0 Å². The van der Waals surface area contributed by atoms with Gasteiger partial charge in [0.25, 0.3) is 0 Å². The predicted molar refractivity (Wildman–Crippen MR) is 78.9 cm³/mol. The fourth-order valence-corrected chi connectivity index (χ4v) is 3.53. The van der Waals surface area contributed by atoms with Gasteiger partial charge >= 0.3 is 0 Å². The molecule has 2 N–H and O–H groups in total. The van der Waals surface area contributed by atoms with Crippen molar-refractivity contribution >= 4 is 38.9 Å². The van der Waals surface area contributed by atoms with Crippen LogP contribution >= 0.6 is 38.9 Å².